The highest BCUT2D eigenvalue weighted by atomic mass is 32.2. The fourth-order valence-corrected chi connectivity index (χ4v) is 2.84. The molecule has 2 heterocycles. The Morgan fingerprint density at radius 1 is 1.40 bits per heavy atom. The SMILES string of the molecule is CSc1ncc2c(OCC3CCCCN3)cccc2n1. The topological polar surface area (TPSA) is 47.0 Å². The zero-order valence-electron chi connectivity index (χ0n) is 11.6. The third kappa shape index (κ3) is 3.04. The van der Waals surface area contributed by atoms with E-state index in [4.69, 9.17) is 4.74 Å². The van der Waals surface area contributed by atoms with E-state index in [1.54, 1.807) is 11.8 Å². The number of nitrogens with zero attached hydrogens (tertiary/aromatic N) is 2. The van der Waals surface area contributed by atoms with Crippen LogP contribution in [-0.2, 0) is 0 Å². The molecule has 0 radical (unpaired) electrons. The van der Waals surface area contributed by atoms with Gasteiger partial charge in [0.05, 0.1) is 10.9 Å². The minimum absolute atomic E-state index is 0.463. The highest BCUT2D eigenvalue weighted by Crippen LogP contribution is 2.25. The number of hydrogen-bond acceptors (Lipinski definition) is 5. The summed E-state index contributed by atoms with van der Waals surface area (Å²) in [4.78, 5) is 8.84. The van der Waals surface area contributed by atoms with Crippen LogP contribution in [0.5, 0.6) is 5.75 Å². The Morgan fingerprint density at radius 2 is 2.35 bits per heavy atom. The van der Waals surface area contributed by atoms with E-state index >= 15 is 0 Å². The molecule has 0 bridgehead atoms. The fraction of sp³-hybridized carbons (Fsp3) is 0.467. The van der Waals surface area contributed by atoms with Crippen molar-refractivity contribution in [1.29, 1.82) is 0 Å². The highest BCUT2D eigenvalue weighted by molar-refractivity contribution is 7.98. The van der Waals surface area contributed by atoms with Crippen LogP contribution in [0, 0.1) is 0 Å². The quantitative estimate of drug-likeness (QED) is 0.693. The van der Waals surface area contributed by atoms with Gasteiger partial charge in [0.2, 0.25) is 0 Å². The molecule has 3 rings (SSSR count). The molecule has 106 valence electrons. The second-order valence-electron chi connectivity index (χ2n) is 5.00. The normalized spacial score (nSPS) is 19.1. The molecule has 5 heteroatoms. The number of nitrogens with one attached hydrogen (secondary N) is 1. The summed E-state index contributed by atoms with van der Waals surface area (Å²) < 4.78 is 5.98. The molecule has 1 aromatic heterocycles. The van der Waals surface area contributed by atoms with E-state index in [1.165, 1.54) is 19.3 Å². The first kappa shape index (κ1) is 13.6. The average molecular weight is 289 g/mol. The van der Waals surface area contributed by atoms with Crippen LogP contribution in [0.3, 0.4) is 0 Å². The molecule has 1 unspecified atom stereocenters. The number of benzene rings is 1. The van der Waals surface area contributed by atoms with Gasteiger partial charge < -0.3 is 10.1 Å². The molecule has 20 heavy (non-hydrogen) atoms. The zero-order valence-corrected chi connectivity index (χ0v) is 12.4. The van der Waals surface area contributed by atoms with E-state index in [0.29, 0.717) is 12.6 Å². The number of fused-ring (bicyclic) bond motifs is 1. The molecular weight excluding hydrogens is 270 g/mol. The fourth-order valence-electron chi connectivity index (χ4n) is 2.49. The maximum atomic E-state index is 5.98. The predicted molar refractivity (Wildman–Crippen MR) is 82.5 cm³/mol. The zero-order chi connectivity index (χ0) is 13.8. The van der Waals surface area contributed by atoms with Gasteiger partial charge >= 0.3 is 0 Å². The van der Waals surface area contributed by atoms with Gasteiger partial charge in [0.1, 0.15) is 12.4 Å². The molecule has 0 amide bonds. The largest absolute Gasteiger partial charge is 0.491 e. The smallest absolute Gasteiger partial charge is 0.187 e. The van der Waals surface area contributed by atoms with E-state index in [1.807, 2.05) is 30.7 Å². The van der Waals surface area contributed by atoms with Gasteiger partial charge in [0.15, 0.2) is 5.16 Å². The van der Waals surface area contributed by atoms with Crippen LogP contribution >= 0.6 is 11.8 Å². The maximum absolute atomic E-state index is 5.98. The van der Waals surface area contributed by atoms with Crippen LogP contribution in [0.1, 0.15) is 19.3 Å². The number of piperidine rings is 1. The van der Waals surface area contributed by atoms with Crippen molar-refractivity contribution in [2.75, 3.05) is 19.4 Å². The first-order valence-electron chi connectivity index (χ1n) is 7.03. The lowest BCUT2D eigenvalue weighted by molar-refractivity contribution is 0.241. The van der Waals surface area contributed by atoms with Gasteiger partial charge in [0, 0.05) is 12.2 Å². The van der Waals surface area contributed by atoms with Gasteiger partial charge in [-0.05, 0) is 37.8 Å². The summed E-state index contributed by atoms with van der Waals surface area (Å²) in [6, 6.07) is 6.45. The monoisotopic (exact) mass is 289 g/mol. The minimum atomic E-state index is 0.463. The summed E-state index contributed by atoms with van der Waals surface area (Å²) >= 11 is 1.55. The number of rotatable bonds is 4. The van der Waals surface area contributed by atoms with E-state index in [-0.39, 0.29) is 0 Å². The molecule has 1 fully saturated rings. The lowest BCUT2D eigenvalue weighted by atomic mass is 10.1. The van der Waals surface area contributed by atoms with Crippen molar-refractivity contribution >= 4 is 22.7 Å². The number of hydrogen-bond donors (Lipinski definition) is 1. The van der Waals surface area contributed by atoms with Gasteiger partial charge in [-0.3, -0.25) is 0 Å². The first-order chi connectivity index (χ1) is 9.86. The van der Waals surface area contributed by atoms with Gasteiger partial charge in [-0.25, -0.2) is 9.97 Å². The molecule has 1 aliphatic heterocycles. The minimum Gasteiger partial charge on any atom is -0.491 e. The Bertz CT molecular complexity index is 584. The molecule has 1 atom stereocenters. The second-order valence-corrected chi connectivity index (χ2v) is 5.78. The van der Waals surface area contributed by atoms with Gasteiger partial charge in [0.25, 0.3) is 0 Å². The Hall–Kier alpha value is -1.33. The van der Waals surface area contributed by atoms with E-state index in [0.717, 1.165) is 28.4 Å². The Kier molecular flexibility index (Phi) is 4.38. The number of ether oxygens (including phenoxy) is 1. The van der Waals surface area contributed by atoms with E-state index < -0.39 is 0 Å². The summed E-state index contributed by atoms with van der Waals surface area (Å²) in [6.07, 6.45) is 7.60. The van der Waals surface area contributed by atoms with Crippen molar-refractivity contribution < 1.29 is 4.74 Å². The van der Waals surface area contributed by atoms with E-state index in [2.05, 4.69) is 15.3 Å². The predicted octanol–water partition coefficient (Wildman–Crippen LogP) is 2.87. The molecule has 2 aromatic rings. The van der Waals surface area contributed by atoms with Crippen molar-refractivity contribution in [2.24, 2.45) is 0 Å². The highest BCUT2D eigenvalue weighted by Gasteiger charge is 2.14. The van der Waals surface area contributed by atoms with Crippen LogP contribution in [0.4, 0.5) is 0 Å². The summed E-state index contributed by atoms with van der Waals surface area (Å²) in [6.45, 7) is 1.81. The van der Waals surface area contributed by atoms with Crippen molar-refractivity contribution in [1.82, 2.24) is 15.3 Å². The average Bonchev–Trinajstić information content (AvgIpc) is 2.53. The molecule has 1 aliphatic rings. The molecule has 1 saturated heterocycles. The second kappa shape index (κ2) is 6.41. The molecule has 0 aliphatic carbocycles. The molecule has 0 spiro atoms. The molecule has 1 N–H and O–H groups in total. The third-order valence-electron chi connectivity index (χ3n) is 3.60. The molecule has 1 aromatic carbocycles. The van der Waals surface area contributed by atoms with Crippen LogP contribution in [-0.4, -0.2) is 35.4 Å². The van der Waals surface area contributed by atoms with Crippen molar-refractivity contribution in [3.63, 3.8) is 0 Å². The summed E-state index contributed by atoms with van der Waals surface area (Å²) in [5.41, 5.74) is 0.943. The third-order valence-corrected chi connectivity index (χ3v) is 4.16. The lowest BCUT2D eigenvalue weighted by Gasteiger charge is -2.23. The van der Waals surface area contributed by atoms with Crippen molar-refractivity contribution in [3.05, 3.63) is 24.4 Å². The van der Waals surface area contributed by atoms with Gasteiger partial charge in [-0.15, -0.1) is 0 Å². The number of thioether (sulfide) groups is 1. The lowest BCUT2D eigenvalue weighted by Crippen LogP contribution is -2.38. The van der Waals surface area contributed by atoms with Gasteiger partial charge in [-0.2, -0.15) is 0 Å². The van der Waals surface area contributed by atoms with E-state index in [9.17, 15) is 0 Å². The first-order valence-corrected chi connectivity index (χ1v) is 8.25. The van der Waals surface area contributed by atoms with Crippen molar-refractivity contribution in [3.8, 4) is 5.75 Å². The summed E-state index contributed by atoms with van der Waals surface area (Å²) in [7, 11) is 0. The van der Waals surface area contributed by atoms with Crippen LogP contribution < -0.4 is 10.1 Å². The van der Waals surface area contributed by atoms with Gasteiger partial charge in [-0.1, -0.05) is 24.2 Å². The summed E-state index contributed by atoms with van der Waals surface area (Å²) in [5, 5.41) is 5.28. The Balaban J connectivity index is 1.76. The van der Waals surface area contributed by atoms with Crippen LogP contribution in [0.2, 0.25) is 0 Å². The number of aromatic nitrogens is 2. The van der Waals surface area contributed by atoms with Crippen molar-refractivity contribution in [2.45, 2.75) is 30.5 Å². The van der Waals surface area contributed by atoms with Crippen LogP contribution in [0.25, 0.3) is 10.9 Å². The summed E-state index contributed by atoms with van der Waals surface area (Å²) in [5.74, 6) is 0.877. The molecular formula is C15H19N3OS. The standard InChI is InChI=1S/C15H19N3OS/c1-20-15-17-9-12-13(18-15)6-4-7-14(12)19-10-11-5-2-3-8-16-11/h4,6-7,9,11,16H,2-3,5,8,10H2,1H3. The Morgan fingerprint density at radius 3 is 3.15 bits per heavy atom. The van der Waals surface area contributed by atoms with Crippen LogP contribution in [0.15, 0.2) is 29.6 Å². The molecule has 0 saturated carbocycles. The maximum Gasteiger partial charge on any atom is 0.187 e. The Labute approximate surface area is 123 Å². The molecule has 4 nitrogen and oxygen atoms in total.